The third-order valence-corrected chi connectivity index (χ3v) is 5.10. The molecule has 1 unspecified atom stereocenters. The second-order valence-corrected chi connectivity index (χ2v) is 6.72. The van der Waals surface area contributed by atoms with E-state index in [1.165, 1.54) is 12.8 Å². The summed E-state index contributed by atoms with van der Waals surface area (Å²) in [5.41, 5.74) is 1.01. The van der Waals surface area contributed by atoms with E-state index in [0.29, 0.717) is 25.7 Å². The number of hydrogen-bond donors (Lipinski definition) is 1. The fraction of sp³-hybridized carbons (Fsp3) is 0.450. The van der Waals surface area contributed by atoms with Gasteiger partial charge in [0.25, 0.3) is 0 Å². The van der Waals surface area contributed by atoms with E-state index in [4.69, 9.17) is 13.9 Å². The van der Waals surface area contributed by atoms with Crippen molar-refractivity contribution in [2.45, 2.75) is 38.1 Å². The van der Waals surface area contributed by atoms with Gasteiger partial charge in [0.05, 0.1) is 18.7 Å². The van der Waals surface area contributed by atoms with Gasteiger partial charge >= 0.3 is 0 Å². The Labute approximate surface area is 147 Å². The summed E-state index contributed by atoms with van der Waals surface area (Å²) in [6.07, 6.45) is 6.19. The van der Waals surface area contributed by atoms with E-state index >= 15 is 0 Å². The van der Waals surface area contributed by atoms with Gasteiger partial charge in [-0.1, -0.05) is 18.9 Å². The predicted molar refractivity (Wildman–Crippen MR) is 92.7 cm³/mol. The summed E-state index contributed by atoms with van der Waals surface area (Å²) < 4.78 is 16.6. The van der Waals surface area contributed by atoms with Crippen LogP contribution in [-0.4, -0.2) is 19.1 Å². The van der Waals surface area contributed by atoms with Crippen molar-refractivity contribution in [3.05, 3.63) is 47.9 Å². The van der Waals surface area contributed by atoms with Gasteiger partial charge in [0.15, 0.2) is 11.5 Å². The van der Waals surface area contributed by atoms with Gasteiger partial charge in [-0.15, -0.1) is 0 Å². The lowest BCUT2D eigenvalue weighted by molar-refractivity contribution is -0.124. The van der Waals surface area contributed by atoms with E-state index in [9.17, 15) is 4.79 Å². The van der Waals surface area contributed by atoms with Crippen LogP contribution in [0.3, 0.4) is 0 Å². The molecule has 0 radical (unpaired) electrons. The second kappa shape index (κ2) is 7.21. The molecule has 0 spiro atoms. The standard InChI is InChI=1S/C20H23NO4/c22-20(21-13-16-6-3-9-23-16)19(14-4-1-2-5-14)15-7-8-17-18(12-15)25-11-10-24-17/h3,6-9,12,14,19H,1-2,4-5,10-11,13H2,(H,21,22). The molecular formula is C20H23NO4. The van der Waals surface area contributed by atoms with Crippen molar-refractivity contribution in [3.63, 3.8) is 0 Å². The van der Waals surface area contributed by atoms with Crippen molar-refractivity contribution in [1.82, 2.24) is 5.32 Å². The molecule has 5 nitrogen and oxygen atoms in total. The summed E-state index contributed by atoms with van der Waals surface area (Å²) in [7, 11) is 0. The second-order valence-electron chi connectivity index (χ2n) is 6.72. The Balaban J connectivity index is 1.56. The third-order valence-electron chi connectivity index (χ3n) is 5.10. The molecule has 0 bridgehead atoms. The van der Waals surface area contributed by atoms with E-state index in [-0.39, 0.29) is 11.8 Å². The molecule has 1 saturated carbocycles. The van der Waals surface area contributed by atoms with E-state index in [1.54, 1.807) is 6.26 Å². The summed E-state index contributed by atoms with van der Waals surface area (Å²) in [6.45, 7) is 1.54. The van der Waals surface area contributed by atoms with Crippen molar-refractivity contribution in [2.75, 3.05) is 13.2 Å². The molecule has 132 valence electrons. The molecule has 1 aromatic heterocycles. The first-order valence-corrected chi connectivity index (χ1v) is 9.01. The lowest BCUT2D eigenvalue weighted by Gasteiger charge is -2.25. The van der Waals surface area contributed by atoms with Gasteiger partial charge in [-0.3, -0.25) is 4.79 Å². The number of carbonyl (C=O) groups is 1. The number of carbonyl (C=O) groups excluding carboxylic acids is 1. The molecule has 1 aliphatic heterocycles. The first-order valence-electron chi connectivity index (χ1n) is 9.01. The fourth-order valence-electron chi connectivity index (χ4n) is 3.88. The molecular weight excluding hydrogens is 318 g/mol. The highest BCUT2D eigenvalue weighted by atomic mass is 16.6. The average Bonchev–Trinajstić information content (AvgIpc) is 3.34. The van der Waals surface area contributed by atoms with Crippen molar-refractivity contribution < 1.29 is 18.7 Å². The smallest absolute Gasteiger partial charge is 0.228 e. The van der Waals surface area contributed by atoms with E-state index in [2.05, 4.69) is 5.32 Å². The van der Waals surface area contributed by atoms with Crippen LogP contribution >= 0.6 is 0 Å². The maximum absolute atomic E-state index is 13.0. The van der Waals surface area contributed by atoms with Crippen molar-refractivity contribution >= 4 is 5.91 Å². The van der Waals surface area contributed by atoms with Gasteiger partial charge < -0.3 is 19.2 Å². The number of fused-ring (bicyclic) bond motifs is 1. The number of hydrogen-bond acceptors (Lipinski definition) is 4. The maximum atomic E-state index is 13.0. The summed E-state index contributed by atoms with van der Waals surface area (Å²) >= 11 is 0. The van der Waals surface area contributed by atoms with Crippen LogP contribution in [0.15, 0.2) is 41.0 Å². The Morgan fingerprint density at radius 3 is 2.68 bits per heavy atom. The lowest BCUT2D eigenvalue weighted by atomic mass is 9.84. The van der Waals surface area contributed by atoms with Crippen LogP contribution in [0.25, 0.3) is 0 Å². The van der Waals surface area contributed by atoms with E-state index in [0.717, 1.165) is 35.7 Å². The Bertz CT molecular complexity index is 719. The number of furan rings is 1. The first kappa shape index (κ1) is 16.1. The Morgan fingerprint density at radius 2 is 1.92 bits per heavy atom. The molecule has 1 amide bonds. The maximum Gasteiger partial charge on any atom is 0.228 e. The van der Waals surface area contributed by atoms with Crippen molar-refractivity contribution in [2.24, 2.45) is 5.92 Å². The highest BCUT2D eigenvalue weighted by Crippen LogP contribution is 2.40. The summed E-state index contributed by atoms with van der Waals surface area (Å²) in [6, 6.07) is 9.60. The summed E-state index contributed by atoms with van der Waals surface area (Å²) in [4.78, 5) is 13.0. The quantitative estimate of drug-likeness (QED) is 0.902. The van der Waals surface area contributed by atoms with Crippen LogP contribution < -0.4 is 14.8 Å². The molecule has 1 atom stereocenters. The van der Waals surface area contributed by atoms with E-state index < -0.39 is 0 Å². The number of rotatable bonds is 5. The highest BCUT2D eigenvalue weighted by molar-refractivity contribution is 5.84. The molecule has 4 rings (SSSR count). The van der Waals surface area contributed by atoms with E-state index in [1.807, 2.05) is 30.3 Å². The predicted octanol–water partition coefficient (Wildman–Crippen LogP) is 3.64. The lowest BCUT2D eigenvalue weighted by Crippen LogP contribution is -2.32. The van der Waals surface area contributed by atoms with Gasteiger partial charge in [0.2, 0.25) is 5.91 Å². The van der Waals surface area contributed by atoms with Crippen LogP contribution in [0, 0.1) is 5.92 Å². The largest absolute Gasteiger partial charge is 0.486 e. The zero-order valence-electron chi connectivity index (χ0n) is 14.2. The Morgan fingerprint density at radius 1 is 1.12 bits per heavy atom. The fourth-order valence-corrected chi connectivity index (χ4v) is 3.88. The first-order chi connectivity index (χ1) is 12.3. The normalized spacial score (nSPS) is 18.1. The summed E-state index contributed by atoms with van der Waals surface area (Å²) in [5, 5.41) is 3.04. The van der Waals surface area contributed by atoms with Crippen molar-refractivity contribution in [1.29, 1.82) is 0 Å². The van der Waals surface area contributed by atoms with Gasteiger partial charge in [-0.05, 0) is 48.6 Å². The zero-order chi connectivity index (χ0) is 17.1. The van der Waals surface area contributed by atoms with Gasteiger partial charge in [-0.25, -0.2) is 0 Å². The molecule has 1 aromatic carbocycles. The average molecular weight is 341 g/mol. The Hall–Kier alpha value is -2.43. The third kappa shape index (κ3) is 3.50. The van der Waals surface area contributed by atoms with Crippen LogP contribution in [-0.2, 0) is 11.3 Å². The molecule has 2 heterocycles. The number of ether oxygens (including phenoxy) is 2. The molecule has 2 aliphatic rings. The Kier molecular flexibility index (Phi) is 4.63. The molecule has 0 saturated heterocycles. The number of amides is 1. The van der Waals surface area contributed by atoms with Gasteiger partial charge in [0.1, 0.15) is 19.0 Å². The van der Waals surface area contributed by atoms with Gasteiger partial charge in [0, 0.05) is 0 Å². The van der Waals surface area contributed by atoms with Crippen LogP contribution in [0.4, 0.5) is 0 Å². The minimum atomic E-state index is -0.159. The molecule has 1 fully saturated rings. The summed E-state index contributed by atoms with van der Waals surface area (Å²) in [5.74, 6) is 2.54. The van der Waals surface area contributed by atoms with Crippen LogP contribution in [0.1, 0.15) is 42.9 Å². The minimum absolute atomic E-state index is 0.0555. The number of benzene rings is 1. The zero-order valence-corrected chi connectivity index (χ0v) is 14.2. The minimum Gasteiger partial charge on any atom is -0.486 e. The molecule has 2 aromatic rings. The monoisotopic (exact) mass is 341 g/mol. The van der Waals surface area contributed by atoms with Crippen molar-refractivity contribution in [3.8, 4) is 11.5 Å². The SMILES string of the molecule is O=C(NCc1ccco1)C(c1ccc2c(c1)OCCO2)C1CCCC1. The molecule has 25 heavy (non-hydrogen) atoms. The van der Waals surface area contributed by atoms with Crippen LogP contribution in [0.5, 0.6) is 11.5 Å². The van der Waals surface area contributed by atoms with Gasteiger partial charge in [-0.2, -0.15) is 0 Å². The highest BCUT2D eigenvalue weighted by Gasteiger charge is 2.32. The van der Waals surface area contributed by atoms with Crippen LogP contribution in [0.2, 0.25) is 0 Å². The topological polar surface area (TPSA) is 60.7 Å². The number of nitrogens with one attached hydrogen (secondary N) is 1. The molecule has 1 N–H and O–H groups in total. The molecule has 1 aliphatic carbocycles. The molecule has 5 heteroatoms.